The van der Waals surface area contributed by atoms with E-state index in [9.17, 15) is 9.90 Å². The molecule has 4 nitrogen and oxygen atoms in total. The quantitative estimate of drug-likeness (QED) is 0.709. The molecule has 1 aromatic carbocycles. The first-order valence-corrected chi connectivity index (χ1v) is 4.42. The number of carboxylic acids is 1. The van der Waals surface area contributed by atoms with Gasteiger partial charge in [0.15, 0.2) is 0 Å². The number of hydrogen-bond acceptors (Lipinski definition) is 3. The minimum absolute atomic E-state index is 0. The average Bonchev–Trinajstić information content (AvgIpc) is 2.19. The first kappa shape index (κ1) is 14.5. The van der Waals surface area contributed by atoms with Gasteiger partial charge in [0, 0.05) is 5.56 Å². The van der Waals surface area contributed by atoms with Crippen molar-refractivity contribution in [1.82, 2.24) is 0 Å². The van der Waals surface area contributed by atoms with E-state index in [1.807, 2.05) is 0 Å². The molecular formula is C11H14ClNO3. The van der Waals surface area contributed by atoms with Crippen LogP contribution >= 0.6 is 12.4 Å². The van der Waals surface area contributed by atoms with Crippen LogP contribution in [0, 0.1) is 6.92 Å². The lowest BCUT2D eigenvalue weighted by Crippen LogP contribution is -2.09. The maximum atomic E-state index is 10.8. The first-order chi connectivity index (χ1) is 6.97. The maximum absolute atomic E-state index is 10.8. The van der Waals surface area contributed by atoms with E-state index in [4.69, 9.17) is 10.8 Å². The van der Waals surface area contributed by atoms with Gasteiger partial charge in [-0.1, -0.05) is 12.1 Å². The van der Waals surface area contributed by atoms with Gasteiger partial charge in [0.05, 0.1) is 6.04 Å². The third-order valence-electron chi connectivity index (χ3n) is 2.13. The summed E-state index contributed by atoms with van der Waals surface area (Å²) in [6, 6.07) is 2.48. The van der Waals surface area contributed by atoms with Crippen molar-refractivity contribution in [2.45, 2.75) is 13.0 Å². The van der Waals surface area contributed by atoms with Crippen molar-refractivity contribution in [1.29, 1.82) is 0 Å². The van der Waals surface area contributed by atoms with Crippen LogP contribution in [-0.2, 0) is 0 Å². The SMILES string of the molecule is C=C[C@H](N)c1cc(C)cc(C(=O)O)c1O.Cl. The lowest BCUT2D eigenvalue weighted by atomic mass is 9.99. The van der Waals surface area contributed by atoms with E-state index < -0.39 is 12.0 Å². The molecule has 0 aliphatic rings. The Balaban J connectivity index is 0.00000225. The van der Waals surface area contributed by atoms with Crippen LogP contribution in [0.25, 0.3) is 0 Å². The van der Waals surface area contributed by atoms with Crippen LogP contribution in [0.4, 0.5) is 0 Å². The Kier molecular flexibility index (Phi) is 5.01. The normalized spacial score (nSPS) is 11.4. The van der Waals surface area contributed by atoms with Gasteiger partial charge in [0.25, 0.3) is 0 Å². The number of aromatic carboxylic acids is 1. The highest BCUT2D eigenvalue weighted by atomic mass is 35.5. The van der Waals surface area contributed by atoms with Crippen molar-refractivity contribution < 1.29 is 15.0 Å². The number of nitrogens with two attached hydrogens (primary N) is 1. The first-order valence-electron chi connectivity index (χ1n) is 4.42. The number of rotatable bonds is 3. The molecule has 1 atom stereocenters. The third-order valence-corrected chi connectivity index (χ3v) is 2.13. The lowest BCUT2D eigenvalue weighted by Gasteiger charge is -2.12. The molecule has 5 heteroatoms. The molecule has 0 saturated heterocycles. The molecule has 0 aliphatic carbocycles. The van der Waals surface area contributed by atoms with E-state index in [0.29, 0.717) is 5.56 Å². The second kappa shape index (κ2) is 5.53. The molecule has 1 rings (SSSR count). The number of hydrogen-bond donors (Lipinski definition) is 3. The highest BCUT2D eigenvalue weighted by molar-refractivity contribution is 5.91. The summed E-state index contributed by atoms with van der Waals surface area (Å²) in [7, 11) is 0. The number of benzene rings is 1. The minimum atomic E-state index is -1.17. The fourth-order valence-corrected chi connectivity index (χ4v) is 1.35. The molecule has 4 N–H and O–H groups in total. The van der Waals surface area contributed by atoms with Gasteiger partial charge < -0.3 is 15.9 Å². The summed E-state index contributed by atoms with van der Waals surface area (Å²) in [6.07, 6.45) is 1.44. The largest absolute Gasteiger partial charge is 0.507 e. The summed E-state index contributed by atoms with van der Waals surface area (Å²) in [5, 5.41) is 18.5. The van der Waals surface area contributed by atoms with Crippen molar-refractivity contribution in [2.75, 3.05) is 0 Å². The molecule has 0 aromatic heterocycles. The summed E-state index contributed by atoms with van der Waals surface area (Å²) in [5.41, 5.74) is 6.64. The Hall–Kier alpha value is -1.52. The Labute approximate surface area is 99.8 Å². The molecule has 0 saturated carbocycles. The van der Waals surface area contributed by atoms with Crippen LogP contribution in [0.5, 0.6) is 5.75 Å². The van der Waals surface area contributed by atoms with Gasteiger partial charge in [-0.3, -0.25) is 0 Å². The van der Waals surface area contributed by atoms with E-state index in [0.717, 1.165) is 5.56 Å². The Bertz CT molecular complexity index is 418. The fraction of sp³-hybridized carbons (Fsp3) is 0.182. The number of phenols is 1. The van der Waals surface area contributed by atoms with Gasteiger partial charge in [-0.15, -0.1) is 19.0 Å². The summed E-state index contributed by atoms with van der Waals surface area (Å²) in [4.78, 5) is 10.8. The molecule has 0 heterocycles. The zero-order valence-electron chi connectivity index (χ0n) is 8.80. The van der Waals surface area contributed by atoms with E-state index >= 15 is 0 Å². The summed E-state index contributed by atoms with van der Waals surface area (Å²) in [6.45, 7) is 5.24. The molecule has 0 aliphatic heterocycles. The van der Waals surface area contributed by atoms with E-state index in [2.05, 4.69) is 6.58 Å². The monoisotopic (exact) mass is 243 g/mol. The average molecular weight is 244 g/mol. The number of carbonyl (C=O) groups is 1. The van der Waals surface area contributed by atoms with Crippen LogP contribution in [0.15, 0.2) is 24.8 Å². The highest BCUT2D eigenvalue weighted by Gasteiger charge is 2.16. The molecule has 0 bridgehead atoms. The van der Waals surface area contributed by atoms with Gasteiger partial charge in [-0.05, 0) is 18.6 Å². The van der Waals surface area contributed by atoms with Gasteiger partial charge in [-0.25, -0.2) is 4.79 Å². The van der Waals surface area contributed by atoms with Gasteiger partial charge in [0.1, 0.15) is 11.3 Å². The molecule has 0 unspecified atom stereocenters. The maximum Gasteiger partial charge on any atom is 0.339 e. The second-order valence-corrected chi connectivity index (χ2v) is 3.32. The van der Waals surface area contributed by atoms with E-state index in [1.165, 1.54) is 12.1 Å². The second-order valence-electron chi connectivity index (χ2n) is 3.32. The predicted octanol–water partition coefficient (Wildman–Crippen LogP) is 2.01. The fourth-order valence-electron chi connectivity index (χ4n) is 1.35. The van der Waals surface area contributed by atoms with Crippen LogP contribution in [0.3, 0.4) is 0 Å². The van der Waals surface area contributed by atoms with Crippen molar-refractivity contribution in [3.8, 4) is 5.75 Å². The molecule has 0 spiro atoms. The van der Waals surface area contributed by atoms with Gasteiger partial charge in [-0.2, -0.15) is 0 Å². The van der Waals surface area contributed by atoms with Crippen LogP contribution in [-0.4, -0.2) is 16.2 Å². The molecular weight excluding hydrogens is 230 g/mol. The Morgan fingerprint density at radius 1 is 1.56 bits per heavy atom. The third kappa shape index (κ3) is 2.74. The Morgan fingerprint density at radius 3 is 2.56 bits per heavy atom. The molecule has 1 aromatic rings. The zero-order chi connectivity index (χ0) is 11.6. The molecule has 16 heavy (non-hydrogen) atoms. The van der Waals surface area contributed by atoms with Crippen LogP contribution in [0.1, 0.15) is 27.5 Å². The molecule has 0 fully saturated rings. The number of carboxylic acid groups (broad SMARTS) is 1. The van der Waals surface area contributed by atoms with Crippen molar-refractivity contribution >= 4 is 18.4 Å². The lowest BCUT2D eigenvalue weighted by molar-refractivity contribution is 0.0693. The smallest absolute Gasteiger partial charge is 0.339 e. The molecule has 0 radical (unpaired) electrons. The summed E-state index contributed by atoms with van der Waals surface area (Å²) < 4.78 is 0. The number of halogens is 1. The predicted molar refractivity (Wildman–Crippen MR) is 64.2 cm³/mol. The van der Waals surface area contributed by atoms with E-state index in [1.54, 1.807) is 13.0 Å². The summed E-state index contributed by atoms with van der Waals surface area (Å²) in [5.74, 6) is -1.46. The van der Waals surface area contributed by atoms with Crippen molar-refractivity contribution in [2.24, 2.45) is 5.73 Å². The minimum Gasteiger partial charge on any atom is -0.507 e. The van der Waals surface area contributed by atoms with Crippen molar-refractivity contribution in [3.05, 3.63) is 41.5 Å². The topological polar surface area (TPSA) is 83.6 Å². The molecule has 88 valence electrons. The van der Waals surface area contributed by atoms with Crippen LogP contribution in [0.2, 0.25) is 0 Å². The van der Waals surface area contributed by atoms with Crippen molar-refractivity contribution in [3.63, 3.8) is 0 Å². The standard InChI is InChI=1S/C11H13NO3.ClH/c1-3-9(12)7-4-6(2)5-8(10(7)13)11(14)15;/h3-5,9,13H,1,12H2,2H3,(H,14,15);1H/t9-;/m0./s1. The highest BCUT2D eigenvalue weighted by Crippen LogP contribution is 2.29. The van der Waals surface area contributed by atoms with E-state index in [-0.39, 0.29) is 23.7 Å². The Morgan fingerprint density at radius 2 is 2.12 bits per heavy atom. The number of aryl methyl sites for hydroxylation is 1. The summed E-state index contributed by atoms with van der Waals surface area (Å²) >= 11 is 0. The van der Waals surface area contributed by atoms with Crippen LogP contribution < -0.4 is 5.73 Å². The zero-order valence-corrected chi connectivity index (χ0v) is 9.62. The molecule has 0 amide bonds. The number of aromatic hydroxyl groups is 1. The van der Waals surface area contributed by atoms with Gasteiger partial charge in [0.2, 0.25) is 0 Å². The van der Waals surface area contributed by atoms with Gasteiger partial charge >= 0.3 is 5.97 Å².